The van der Waals surface area contributed by atoms with Gasteiger partial charge in [-0.2, -0.15) is 0 Å². The van der Waals surface area contributed by atoms with E-state index in [0.717, 1.165) is 11.3 Å². The van der Waals surface area contributed by atoms with Crippen LogP contribution in [0.2, 0.25) is 5.82 Å². The normalized spacial score (nSPS) is 21.8. The smallest absolute Gasteiger partial charge is 0.199 e. The Morgan fingerprint density at radius 2 is 1.30 bits per heavy atom. The van der Waals surface area contributed by atoms with Gasteiger partial charge in [0.2, 0.25) is 0 Å². The van der Waals surface area contributed by atoms with Crippen molar-refractivity contribution >= 4 is 33.9 Å². The van der Waals surface area contributed by atoms with Crippen molar-refractivity contribution in [2.75, 3.05) is 0 Å². The van der Waals surface area contributed by atoms with Crippen LogP contribution in [0.25, 0.3) is 10.3 Å². The van der Waals surface area contributed by atoms with Crippen molar-refractivity contribution in [2.45, 2.75) is 108 Å². The molecule has 0 saturated heterocycles. The van der Waals surface area contributed by atoms with Gasteiger partial charge in [-0.15, -0.1) is 11.3 Å². The van der Waals surface area contributed by atoms with Crippen LogP contribution in [0.3, 0.4) is 0 Å². The number of nitrogens with zero attached hydrogens (tertiary/aromatic N) is 2. The number of thiazole rings is 1. The zero-order valence-electron chi connectivity index (χ0n) is 16.9. The molecule has 27 heavy (non-hydrogen) atoms. The summed E-state index contributed by atoms with van der Waals surface area (Å²) >= 11 is 1.87. The Balaban J connectivity index is 1.45. The van der Waals surface area contributed by atoms with E-state index in [-0.39, 0.29) is 0 Å². The minimum atomic E-state index is 0.670. The van der Waals surface area contributed by atoms with Crippen molar-refractivity contribution in [3.05, 3.63) is 17.8 Å². The Labute approximate surface area is 169 Å². The Morgan fingerprint density at radius 1 is 0.704 bits per heavy atom. The molecule has 0 aromatic carbocycles. The standard InChI is InChI=1S/C23H35BN2S/c1-2-5-9-13-18(12-8-4-1)20-16-17-21-22(25-20)27-23(26-21)24-19-14-10-6-3-7-11-15-19/h16-19,24H,1-15H2. The first-order valence-corrected chi connectivity index (χ1v) is 12.5. The number of rotatable bonds is 3. The second-order valence-electron chi connectivity index (χ2n) is 8.98. The summed E-state index contributed by atoms with van der Waals surface area (Å²) in [6.45, 7) is 0. The molecule has 0 aliphatic heterocycles. The number of hydrogen-bond donors (Lipinski definition) is 0. The average Bonchev–Trinajstić information content (AvgIpc) is 3.10. The second kappa shape index (κ2) is 10.0. The van der Waals surface area contributed by atoms with Gasteiger partial charge in [0.05, 0.1) is 10.4 Å². The first kappa shape index (κ1) is 19.4. The predicted octanol–water partition coefficient (Wildman–Crippen LogP) is 6.50. The lowest BCUT2D eigenvalue weighted by atomic mass is 9.60. The SMILES string of the molecule is B(c1nc2ccc(C3CCCCCCCC3)nc2s1)C1CCCCCCC1. The van der Waals surface area contributed by atoms with E-state index in [1.807, 2.05) is 11.3 Å². The third kappa shape index (κ3) is 5.56. The van der Waals surface area contributed by atoms with Crippen LogP contribution in [0.5, 0.6) is 0 Å². The van der Waals surface area contributed by atoms with Crippen molar-refractivity contribution in [1.82, 2.24) is 9.97 Å². The Kier molecular flexibility index (Phi) is 7.23. The fourth-order valence-electron chi connectivity index (χ4n) is 5.11. The largest absolute Gasteiger partial charge is 0.250 e. The van der Waals surface area contributed by atoms with E-state index in [4.69, 9.17) is 9.97 Å². The molecule has 4 heteroatoms. The highest BCUT2D eigenvalue weighted by Gasteiger charge is 2.19. The van der Waals surface area contributed by atoms with Crippen LogP contribution in [-0.2, 0) is 0 Å². The average molecular weight is 382 g/mol. The van der Waals surface area contributed by atoms with Crippen LogP contribution in [-0.4, -0.2) is 17.2 Å². The van der Waals surface area contributed by atoms with E-state index in [1.54, 1.807) is 0 Å². The fraction of sp³-hybridized carbons (Fsp3) is 0.739. The maximum atomic E-state index is 5.11. The Hall–Kier alpha value is -0.895. The van der Waals surface area contributed by atoms with E-state index >= 15 is 0 Å². The van der Waals surface area contributed by atoms with E-state index in [0.29, 0.717) is 5.92 Å². The predicted molar refractivity (Wildman–Crippen MR) is 120 cm³/mol. The molecule has 2 fully saturated rings. The molecule has 146 valence electrons. The van der Waals surface area contributed by atoms with Crippen LogP contribution in [0.1, 0.15) is 108 Å². The zero-order chi connectivity index (χ0) is 18.3. The summed E-state index contributed by atoms with van der Waals surface area (Å²) in [4.78, 5) is 12.6. The molecule has 0 amide bonds. The van der Waals surface area contributed by atoms with Crippen molar-refractivity contribution < 1.29 is 0 Å². The van der Waals surface area contributed by atoms with E-state index in [2.05, 4.69) is 12.1 Å². The maximum absolute atomic E-state index is 5.11. The first-order valence-electron chi connectivity index (χ1n) is 11.6. The van der Waals surface area contributed by atoms with Crippen LogP contribution in [0.4, 0.5) is 0 Å². The summed E-state index contributed by atoms with van der Waals surface area (Å²) in [6.07, 6.45) is 21.0. The minimum Gasteiger partial charge on any atom is -0.250 e. The van der Waals surface area contributed by atoms with Crippen molar-refractivity contribution in [2.24, 2.45) is 0 Å². The van der Waals surface area contributed by atoms with E-state index < -0.39 is 0 Å². The van der Waals surface area contributed by atoms with Gasteiger partial charge in [-0.3, -0.25) is 4.98 Å². The monoisotopic (exact) mass is 382 g/mol. The summed E-state index contributed by atoms with van der Waals surface area (Å²) < 4.78 is 0. The summed E-state index contributed by atoms with van der Waals surface area (Å²) in [7, 11) is 1.18. The molecule has 2 aliphatic carbocycles. The van der Waals surface area contributed by atoms with Gasteiger partial charge in [-0.25, -0.2) is 4.98 Å². The topological polar surface area (TPSA) is 25.8 Å². The van der Waals surface area contributed by atoms with Gasteiger partial charge >= 0.3 is 0 Å². The molecule has 0 unspecified atom stereocenters. The van der Waals surface area contributed by atoms with Crippen LogP contribution < -0.4 is 4.91 Å². The molecule has 2 aromatic heterocycles. The first-order chi connectivity index (χ1) is 13.4. The van der Waals surface area contributed by atoms with Gasteiger partial charge < -0.3 is 0 Å². The number of hydrogen-bond acceptors (Lipinski definition) is 3. The second-order valence-corrected chi connectivity index (χ2v) is 10.0. The third-order valence-electron chi connectivity index (χ3n) is 6.78. The third-order valence-corrected chi connectivity index (χ3v) is 7.77. The lowest BCUT2D eigenvalue weighted by Crippen LogP contribution is -2.19. The van der Waals surface area contributed by atoms with Crippen LogP contribution >= 0.6 is 11.3 Å². The molecule has 2 heterocycles. The van der Waals surface area contributed by atoms with E-state index in [1.165, 1.54) is 119 Å². The molecular formula is C23H35BN2S. The lowest BCUT2D eigenvalue weighted by Gasteiger charge is -2.17. The van der Waals surface area contributed by atoms with E-state index in [9.17, 15) is 0 Å². The highest BCUT2D eigenvalue weighted by atomic mass is 32.1. The zero-order valence-corrected chi connectivity index (χ0v) is 17.7. The van der Waals surface area contributed by atoms with Gasteiger partial charge in [0.15, 0.2) is 7.28 Å². The van der Waals surface area contributed by atoms with Crippen LogP contribution in [0, 0.1) is 0 Å². The Morgan fingerprint density at radius 3 is 1.96 bits per heavy atom. The Bertz CT molecular complexity index is 695. The highest BCUT2D eigenvalue weighted by Crippen LogP contribution is 2.31. The molecule has 2 aliphatic rings. The van der Waals surface area contributed by atoms with Crippen molar-refractivity contribution in [3.63, 3.8) is 0 Å². The van der Waals surface area contributed by atoms with Crippen molar-refractivity contribution in [1.29, 1.82) is 0 Å². The highest BCUT2D eigenvalue weighted by molar-refractivity contribution is 7.26. The molecule has 2 saturated carbocycles. The van der Waals surface area contributed by atoms with Gasteiger partial charge in [-0.05, 0) is 25.0 Å². The lowest BCUT2D eigenvalue weighted by molar-refractivity contribution is 0.502. The van der Waals surface area contributed by atoms with Gasteiger partial charge in [0.25, 0.3) is 0 Å². The maximum Gasteiger partial charge on any atom is 0.199 e. The quantitative estimate of drug-likeness (QED) is 0.566. The van der Waals surface area contributed by atoms with Gasteiger partial charge in [-0.1, -0.05) is 89.3 Å². The molecular weight excluding hydrogens is 347 g/mol. The summed E-state index contributed by atoms with van der Waals surface area (Å²) in [6, 6.07) is 4.53. The molecule has 2 nitrogen and oxygen atoms in total. The molecule has 0 N–H and O–H groups in total. The van der Waals surface area contributed by atoms with Crippen LogP contribution in [0.15, 0.2) is 12.1 Å². The molecule has 0 spiro atoms. The molecule has 0 bridgehead atoms. The van der Waals surface area contributed by atoms with Crippen molar-refractivity contribution in [3.8, 4) is 0 Å². The van der Waals surface area contributed by atoms with Gasteiger partial charge in [0, 0.05) is 11.6 Å². The summed E-state index contributed by atoms with van der Waals surface area (Å²) in [5, 5.41) is 0. The summed E-state index contributed by atoms with van der Waals surface area (Å²) in [5.74, 6) is 1.52. The molecule has 0 radical (unpaired) electrons. The number of aromatic nitrogens is 2. The van der Waals surface area contributed by atoms with Gasteiger partial charge in [0.1, 0.15) is 4.83 Å². The fourth-order valence-corrected chi connectivity index (χ4v) is 6.17. The molecule has 0 atom stereocenters. The minimum absolute atomic E-state index is 0.670. The molecule has 4 rings (SSSR count). The number of pyridine rings is 1. The molecule has 2 aromatic rings. The summed E-state index contributed by atoms with van der Waals surface area (Å²) in [5.41, 5.74) is 2.47. The number of fused-ring (bicyclic) bond motifs is 1.